The highest BCUT2D eigenvalue weighted by molar-refractivity contribution is 5.84. The lowest BCUT2D eigenvalue weighted by atomic mass is 10.1. The number of carbonyl (C=O) groups excluding carboxylic acids is 1. The largest absolute Gasteiger partial charge is 0.479 e. The molecule has 0 radical (unpaired) electrons. The van der Waals surface area contributed by atoms with Crippen LogP contribution in [-0.4, -0.2) is 42.3 Å². The first-order valence-corrected chi connectivity index (χ1v) is 9.28. The van der Waals surface area contributed by atoms with Crippen LogP contribution in [0.5, 0.6) is 5.75 Å². The van der Waals surface area contributed by atoms with Gasteiger partial charge in [0.15, 0.2) is 11.7 Å². The lowest BCUT2D eigenvalue weighted by Gasteiger charge is -2.25. The number of ether oxygens (including phenoxy) is 2. The summed E-state index contributed by atoms with van der Waals surface area (Å²) >= 11 is 0. The van der Waals surface area contributed by atoms with Crippen molar-refractivity contribution >= 4 is 11.9 Å². The van der Waals surface area contributed by atoms with E-state index in [1.807, 2.05) is 0 Å². The summed E-state index contributed by atoms with van der Waals surface area (Å²) in [6.45, 7) is 3.58. The van der Waals surface area contributed by atoms with Gasteiger partial charge in [0.25, 0.3) is 5.91 Å². The Hall–Kier alpha value is -2.93. The van der Waals surface area contributed by atoms with Crippen LogP contribution < -0.4 is 10.1 Å². The molecule has 0 aromatic heterocycles. The van der Waals surface area contributed by atoms with Gasteiger partial charge in [-0.05, 0) is 49.6 Å². The van der Waals surface area contributed by atoms with E-state index < -0.39 is 17.7 Å². The van der Waals surface area contributed by atoms with Crippen LogP contribution >= 0.6 is 0 Å². The highest BCUT2D eigenvalue weighted by Crippen LogP contribution is 2.20. The lowest BCUT2D eigenvalue weighted by Crippen LogP contribution is -2.47. The van der Waals surface area contributed by atoms with Crippen molar-refractivity contribution in [2.75, 3.05) is 13.7 Å². The summed E-state index contributed by atoms with van der Waals surface area (Å²) in [4.78, 5) is 23.5. The molecule has 0 fully saturated rings. The maximum atomic E-state index is 13.6. The van der Waals surface area contributed by atoms with Gasteiger partial charge in [-0.2, -0.15) is 0 Å². The summed E-state index contributed by atoms with van der Waals surface area (Å²) in [6.07, 6.45) is -0.308. The summed E-state index contributed by atoms with van der Waals surface area (Å²) < 4.78 is 24.4. The van der Waals surface area contributed by atoms with E-state index in [2.05, 4.69) is 5.32 Å². The number of carboxylic acids is 1. The van der Waals surface area contributed by atoms with Gasteiger partial charge in [-0.3, -0.25) is 4.79 Å². The molecule has 2 rings (SSSR count). The highest BCUT2D eigenvalue weighted by Gasteiger charge is 2.29. The van der Waals surface area contributed by atoms with Gasteiger partial charge in [-0.15, -0.1) is 0 Å². The molecule has 2 aromatic rings. The highest BCUT2D eigenvalue weighted by atomic mass is 19.1. The number of hydrogen-bond acceptors (Lipinski definition) is 4. The fourth-order valence-corrected chi connectivity index (χ4v) is 2.74. The van der Waals surface area contributed by atoms with Crippen molar-refractivity contribution in [3.05, 3.63) is 65.5 Å². The van der Waals surface area contributed by atoms with Gasteiger partial charge >= 0.3 is 5.97 Å². The predicted octanol–water partition coefficient (Wildman–Crippen LogP) is 2.98. The van der Waals surface area contributed by atoms with E-state index in [1.54, 1.807) is 56.3 Å². The van der Waals surface area contributed by atoms with E-state index in [-0.39, 0.29) is 18.1 Å². The van der Waals surface area contributed by atoms with Gasteiger partial charge in [0, 0.05) is 20.1 Å². The summed E-state index contributed by atoms with van der Waals surface area (Å²) in [5, 5.41) is 11.8. The van der Waals surface area contributed by atoms with Crippen molar-refractivity contribution < 1.29 is 28.6 Å². The van der Waals surface area contributed by atoms with E-state index in [0.717, 1.165) is 5.56 Å². The minimum atomic E-state index is -1.13. The molecule has 0 aliphatic rings. The van der Waals surface area contributed by atoms with E-state index in [0.29, 0.717) is 24.3 Å². The minimum Gasteiger partial charge on any atom is -0.479 e. The normalized spacial score (nSPS) is 12.3. The van der Waals surface area contributed by atoms with E-state index >= 15 is 0 Å². The minimum absolute atomic E-state index is 0.228. The molecule has 0 spiro atoms. The van der Waals surface area contributed by atoms with Crippen molar-refractivity contribution in [2.45, 2.75) is 38.4 Å². The Kier molecular flexibility index (Phi) is 7.73. The number of rotatable bonds is 10. The molecular formula is C22H26FNO5. The Balaban J connectivity index is 1.89. The average molecular weight is 403 g/mol. The van der Waals surface area contributed by atoms with Crippen LogP contribution in [0.2, 0.25) is 0 Å². The first-order chi connectivity index (χ1) is 13.7. The van der Waals surface area contributed by atoms with Crippen molar-refractivity contribution in [3.8, 4) is 5.75 Å². The second kappa shape index (κ2) is 10.0. The molecule has 0 saturated heterocycles. The molecule has 29 heavy (non-hydrogen) atoms. The fraction of sp³-hybridized carbons (Fsp3) is 0.364. The second-order valence-electron chi connectivity index (χ2n) is 7.12. The number of hydrogen-bond donors (Lipinski definition) is 2. The van der Waals surface area contributed by atoms with Crippen LogP contribution in [0.3, 0.4) is 0 Å². The summed E-state index contributed by atoms with van der Waals surface area (Å²) in [5.41, 5.74) is 0.184. The zero-order valence-electron chi connectivity index (χ0n) is 16.8. The van der Waals surface area contributed by atoms with Crippen molar-refractivity contribution in [2.24, 2.45) is 0 Å². The molecule has 0 unspecified atom stereocenters. The molecule has 2 aromatic carbocycles. The SMILES string of the molecule is CO[C@@H](Cc1ccc(OC(C)(C)C(=O)NCCc2ccccc2F)cc1)C(=O)O. The maximum absolute atomic E-state index is 13.6. The van der Waals surface area contributed by atoms with Gasteiger partial charge in [0.05, 0.1) is 0 Å². The first kappa shape index (κ1) is 22.4. The zero-order chi connectivity index (χ0) is 21.4. The number of methoxy groups -OCH3 is 1. The molecule has 1 atom stereocenters. The number of aliphatic carboxylic acids is 1. The molecule has 0 heterocycles. The molecule has 0 bridgehead atoms. The average Bonchev–Trinajstić information content (AvgIpc) is 2.68. The van der Waals surface area contributed by atoms with Crippen LogP contribution in [-0.2, 0) is 27.2 Å². The fourth-order valence-electron chi connectivity index (χ4n) is 2.74. The van der Waals surface area contributed by atoms with E-state index in [4.69, 9.17) is 14.6 Å². The standard InChI is InChI=1S/C22H26FNO5/c1-22(2,21(27)24-13-12-16-6-4-5-7-18(16)23)29-17-10-8-15(9-11-17)14-19(28-3)20(25)26/h4-11,19H,12-14H2,1-3H3,(H,24,27)(H,25,26)/t19-/m0/s1. The molecule has 0 aliphatic carbocycles. The monoisotopic (exact) mass is 403 g/mol. The molecule has 156 valence electrons. The molecule has 7 heteroatoms. The third-order valence-corrected chi connectivity index (χ3v) is 4.46. The van der Waals surface area contributed by atoms with Crippen molar-refractivity contribution in [1.29, 1.82) is 0 Å². The van der Waals surface area contributed by atoms with Crippen LogP contribution in [0.4, 0.5) is 4.39 Å². The molecule has 6 nitrogen and oxygen atoms in total. The van der Waals surface area contributed by atoms with Crippen molar-refractivity contribution in [3.63, 3.8) is 0 Å². The Morgan fingerprint density at radius 1 is 1.14 bits per heavy atom. The zero-order valence-corrected chi connectivity index (χ0v) is 16.8. The molecule has 0 saturated carbocycles. The summed E-state index contributed by atoms with van der Waals surface area (Å²) in [6, 6.07) is 13.3. The second-order valence-corrected chi connectivity index (χ2v) is 7.12. The number of nitrogens with one attached hydrogen (secondary N) is 1. The van der Waals surface area contributed by atoms with Gasteiger partial charge < -0.3 is 19.9 Å². The van der Waals surface area contributed by atoms with Crippen molar-refractivity contribution in [1.82, 2.24) is 5.32 Å². The van der Waals surface area contributed by atoms with Gasteiger partial charge in [0.1, 0.15) is 11.6 Å². The van der Waals surface area contributed by atoms with E-state index in [1.165, 1.54) is 13.2 Å². The first-order valence-electron chi connectivity index (χ1n) is 9.28. The summed E-state index contributed by atoms with van der Waals surface area (Å²) in [5.74, 6) is -1.16. The number of amides is 1. The van der Waals surface area contributed by atoms with Crippen LogP contribution in [0.1, 0.15) is 25.0 Å². The van der Waals surface area contributed by atoms with Crippen LogP contribution in [0.25, 0.3) is 0 Å². The molecule has 1 amide bonds. The lowest BCUT2D eigenvalue weighted by molar-refractivity contribution is -0.148. The smallest absolute Gasteiger partial charge is 0.333 e. The quantitative estimate of drug-likeness (QED) is 0.637. The van der Waals surface area contributed by atoms with Gasteiger partial charge in [-0.25, -0.2) is 9.18 Å². The van der Waals surface area contributed by atoms with Gasteiger partial charge in [-0.1, -0.05) is 30.3 Å². The van der Waals surface area contributed by atoms with Gasteiger partial charge in [0.2, 0.25) is 0 Å². The molecule has 2 N–H and O–H groups in total. The Bertz CT molecular complexity index is 835. The number of halogens is 1. The molecule has 0 aliphatic heterocycles. The maximum Gasteiger partial charge on any atom is 0.333 e. The Morgan fingerprint density at radius 2 is 1.79 bits per heavy atom. The van der Waals surface area contributed by atoms with Crippen LogP contribution in [0, 0.1) is 5.82 Å². The van der Waals surface area contributed by atoms with Crippen LogP contribution in [0.15, 0.2) is 48.5 Å². The summed E-state index contributed by atoms with van der Waals surface area (Å²) in [7, 11) is 1.35. The van der Waals surface area contributed by atoms with E-state index in [9.17, 15) is 14.0 Å². The predicted molar refractivity (Wildman–Crippen MR) is 106 cm³/mol. The molecular weight excluding hydrogens is 377 g/mol. The Morgan fingerprint density at radius 3 is 2.38 bits per heavy atom. The third-order valence-electron chi connectivity index (χ3n) is 4.46. The third kappa shape index (κ3) is 6.57. The topological polar surface area (TPSA) is 84.9 Å². The number of carboxylic acid groups (broad SMARTS) is 1. The number of carbonyl (C=O) groups is 2. The number of benzene rings is 2. The Labute approximate surface area is 169 Å².